The lowest BCUT2D eigenvalue weighted by Crippen LogP contribution is -2.40. The fourth-order valence-electron chi connectivity index (χ4n) is 2.41. The van der Waals surface area contributed by atoms with Crippen LogP contribution in [0, 0.1) is 11.3 Å². The van der Waals surface area contributed by atoms with E-state index in [1.54, 1.807) is 0 Å². The van der Waals surface area contributed by atoms with Crippen LogP contribution in [0.2, 0.25) is 0 Å². The van der Waals surface area contributed by atoms with Gasteiger partial charge in [-0.2, -0.15) is 0 Å². The van der Waals surface area contributed by atoms with Crippen molar-refractivity contribution in [3.05, 3.63) is 0 Å². The normalized spacial score (nSPS) is 36.3. The molecule has 2 rings (SSSR count). The number of nitrogens with two attached hydrogens (primary N) is 1. The summed E-state index contributed by atoms with van der Waals surface area (Å²) in [5.41, 5.74) is 6.33. The molecule has 0 bridgehead atoms. The van der Waals surface area contributed by atoms with Crippen LogP contribution in [0.4, 0.5) is 0 Å². The largest absolute Gasteiger partial charge is 0.330 e. The van der Waals surface area contributed by atoms with Gasteiger partial charge >= 0.3 is 0 Å². The zero-order valence-corrected chi connectivity index (χ0v) is 6.40. The van der Waals surface area contributed by atoms with Crippen molar-refractivity contribution < 1.29 is 0 Å². The first-order valence-electron chi connectivity index (χ1n) is 4.28. The molecule has 10 heavy (non-hydrogen) atoms. The average Bonchev–Trinajstić information content (AvgIpc) is 2.27. The van der Waals surface area contributed by atoms with E-state index in [4.69, 9.17) is 5.73 Å². The summed E-state index contributed by atoms with van der Waals surface area (Å²) in [5, 5.41) is 3.44. The first kappa shape index (κ1) is 6.62. The lowest BCUT2D eigenvalue weighted by atomic mass is 9.63. The molecule has 2 heteroatoms. The van der Waals surface area contributed by atoms with Crippen LogP contribution >= 0.6 is 0 Å². The van der Waals surface area contributed by atoms with Crippen LogP contribution in [0.25, 0.3) is 0 Å². The van der Waals surface area contributed by atoms with Gasteiger partial charge in [-0.05, 0) is 37.3 Å². The molecule has 0 aromatic rings. The van der Waals surface area contributed by atoms with E-state index in [1.165, 1.54) is 25.8 Å². The lowest BCUT2D eigenvalue weighted by molar-refractivity contribution is 0.102. The Kier molecular flexibility index (Phi) is 1.46. The topological polar surface area (TPSA) is 38.0 Å². The summed E-state index contributed by atoms with van der Waals surface area (Å²) in [5.74, 6) is 0.779. The third-order valence-electron chi connectivity index (χ3n) is 3.37. The van der Waals surface area contributed by atoms with Gasteiger partial charge in [0.05, 0.1) is 0 Å². The standard InChI is InChI=1S/C8H16N2/c9-4-7-5-10-6-8(7)2-1-3-8/h7,10H,1-6,9H2. The smallest absolute Gasteiger partial charge is 0.00116 e. The van der Waals surface area contributed by atoms with Crippen molar-refractivity contribution in [2.75, 3.05) is 19.6 Å². The maximum absolute atomic E-state index is 5.68. The van der Waals surface area contributed by atoms with Crippen LogP contribution < -0.4 is 11.1 Å². The molecular formula is C8H16N2. The van der Waals surface area contributed by atoms with E-state index in [9.17, 15) is 0 Å². The molecule has 0 radical (unpaired) electrons. The average molecular weight is 140 g/mol. The highest BCUT2D eigenvalue weighted by Crippen LogP contribution is 2.48. The van der Waals surface area contributed by atoms with E-state index >= 15 is 0 Å². The minimum atomic E-state index is 0.648. The van der Waals surface area contributed by atoms with Crippen molar-refractivity contribution in [3.63, 3.8) is 0 Å². The van der Waals surface area contributed by atoms with Gasteiger partial charge in [-0.3, -0.25) is 0 Å². The lowest BCUT2D eigenvalue weighted by Gasteiger charge is -2.42. The second-order valence-electron chi connectivity index (χ2n) is 3.78. The molecule has 1 aliphatic carbocycles. The van der Waals surface area contributed by atoms with Crippen molar-refractivity contribution >= 4 is 0 Å². The predicted molar refractivity (Wildman–Crippen MR) is 41.7 cm³/mol. The first-order valence-corrected chi connectivity index (χ1v) is 4.28. The van der Waals surface area contributed by atoms with E-state index in [0.717, 1.165) is 19.0 Å². The third-order valence-corrected chi connectivity index (χ3v) is 3.37. The van der Waals surface area contributed by atoms with Crippen molar-refractivity contribution in [3.8, 4) is 0 Å². The van der Waals surface area contributed by atoms with Crippen molar-refractivity contribution in [1.82, 2.24) is 5.32 Å². The van der Waals surface area contributed by atoms with Gasteiger partial charge in [-0.15, -0.1) is 0 Å². The van der Waals surface area contributed by atoms with Crippen molar-refractivity contribution in [2.24, 2.45) is 17.1 Å². The molecular weight excluding hydrogens is 124 g/mol. The SMILES string of the molecule is NCC1CNCC12CCC2. The molecule has 1 saturated carbocycles. The Labute approximate surface area is 62.2 Å². The van der Waals surface area contributed by atoms with Crippen LogP contribution in [-0.2, 0) is 0 Å². The number of hydrogen-bond acceptors (Lipinski definition) is 2. The molecule has 3 N–H and O–H groups in total. The summed E-state index contributed by atoms with van der Waals surface area (Å²) in [6, 6.07) is 0. The molecule has 1 heterocycles. The van der Waals surface area contributed by atoms with Gasteiger partial charge in [0.2, 0.25) is 0 Å². The van der Waals surface area contributed by atoms with Crippen LogP contribution in [0.3, 0.4) is 0 Å². The fraction of sp³-hybridized carbons (Fsp3) is 1.00. The minimum absolute atomic E-state index is 0.648. The van der Waals surface area contributed by atoms with E-state index in [0.29, 0.717) is 5.41 Å². The van der Waals surface area contributed by atoms with Gasteiger partial charge in [-0.25, -0.2) is 0 Å². The molecule has 58 valence electrons. The van der Waals surface area contributed by atoms with Crippen LogP contribution in [0.15, 0.2) is 0 Å². The Hall–Kier alpha value is -0.0800. The van der Waals surface area contributed by atoms with Crippen LogP contribution in [-0.4, -0.2) is 19.6 Å². The highest BCUT2D eigenvalue weighted by atomic mass is 15.0. The predicted octanol–water partition coefficient (Wildman–Crippen LogP) is 0.335. The van der Waals surface area contributed by atoms with Gasteiger partial charge < -0.3 is 11.1 Å². The Morgan fingerprint density at radius 1 is 1.50 bits per heavy atom. The molecule has 0 aromatic carbocycles. The summed E-state index contributed by atoms with van der Waals surface area (Å²) in [6.07, 6.45) is 4.27. The zero-order chi connectivity index (χ0) is 7.03. The molecule has 2 aliphatic rings. The van der Waals surface area contributed by atoms with E-state index in [1.807, 2.05) is 0 Å². The van der Waals surface area contributed by atoms with Crippen molar-refractivity contribution in [2.45, 2.75) is 19.3 Å². The summed E-state index contributed by atoms with van der Waals surface area (Å²) in [6.45, 7) is 3.28. The second-order valence-corrected chi connectivity index (χ2v) is 3.78. The molecule has 2 nitrogen and oxygen atoms in total. The van der Waals surface area contributed by atoms with Crippen LogP contribution in [0.1, 0.15) is 19.3 Å². The first-order chi connectivity index (χ1) is 4.87. The molecule has 1 atom stereocenters. The fourth-order valence-corrected chi connectivity index (χ4v) is 2.41. The maximum Gasteiger partial charge on any atom is 0.00116 e. The summed E-state index contributed by atoms with van der Waals surface area (Å²) >= 11 is 0. The minimum Gasteiger partial charge on any atom is -0.330 e. The van der Waals surface area contributed by atoms with Gasteiger partial charge in [0.25, 0.3) is 0 Å². The number of hydrogen-bond donors (Lipinski definition) is 2. The molecule has 2 fully saturated rings. The summed E-state index contributed by atoms with van der Waals surface area (Å²) in [4.78, 5) is 0. The molecule has 0 aromatic heterocycles. The Bertz CT molecular complexity index is 129. The van der Waals surface area contributed by atoms with Gasteiger partial charge in [0.1, 0.15) is 0 Å². The van der Waals surface area contributed by atoms with E-state index < -0.39 is 0 Å². The quantitative estimate of drug-likeness (QED) is 0.551. The molecule has 1 aliphatic heterocycles. The van der Waals surface area contributed by atoms with Gasteiger partial charge in [0.15, 0.2) is 0 Å². The van der Waals surface area contributed by atoms with Gasteiger partial charge in [0, 0.05) is 6.54 Å². The second kappa shape index (κ2) is 2.21. The Balaban J connectivity index is 2.05. The number of rotatable bonds is 1. The highest BCUT2D eigenvalue weighted by Gasteiger charge is 2.46. The number of nitrogens with one attached hydrogen (secondary N) is 1. The van der Waals surface area contributed by atoms with Gasteiger partial charge in [-0.1, -0.05) is 6.42 Å². The monoisotopic (exact) mass is 140 g/mol. The van der Waals surface area contributed by atoms with Crippen molar-refractivity contribution in [1.29, 1.82) is 0 Å². The summed E-state index contributed by atoms with van der Waals surface area (Å²) in [7, 11) is 0. The molecule has 0 amide bonds. The maximum atomic E-state index is 5.68. The zero-order valence-electron chi connectivity index (χ0n) is 6.40. The molecule has 1 unspecified atom stereocenters. The Morgan fingerprint density at radius 2 is 2.30 bits per heavy atom. The summed E-state index contributed by atoms with van der Waals surface area (Å²) < 4.78 is 0. The van der Waals surface area contributed by atoms with E-state index in [-0.39, 0.29) is 0 Å². The molecule has 1 spiro atoms. The van der Waals surface area contributed by atoms with E-state index in [2.05, 4.69) is 5.32 Å². The third kappa shape index (κ3) is 0.722. The molecule has 1 saturated heterocycles. The Morgan fingerprint density at radius 3 is 2.70 bits per heavy atom. The highest BCUT2D eigenvalue weighted by molar-refractivity contribution is 5.00. The van der Waals surface area contributed by atoms with Crippen LogP contribution in [0.5, 0.6) is 0 Å².